The monoisotopic (exact) mass is 438 g/mol. The third kappa shape index (κ3) is 6.27. The number of nitrogens with one attached hydrogen (secondary N) is 2. The van der Waals surface area contributed by atoms with E-state index in [1.807, 2.05) is 36.4 Å². The Morgan fingerprint density at radius 3 is 2.29 bits per heavy atom. The second-order valence-corrected chi connectivity index (χ2v) is 7.79. The van der Waals surface area contributed by atoms with E-state index in [2.05, 4.69) is 34.6 Å². The third-order valence-electron chi connectivity index (χ3n) is 4.62. The highest BCUT2D eigenvalue weighted by Crippen LogP contribution is 2.44. The van der Waals surface area contributed by atoms with Crippen LogP contribution in [-0.4, -0.2) is 54.3 Å². The van der Waals surface area contributed by atoms with Crippen LogP contribution >= 0.6 is 11.8 Å². The molecule has 0 heterocycles. The smallest absolute Gasteiger partial charge is 0.407 e. The maximum atomic E-state index is 12.0. The van der Waals surface area contributed by atoms with E-state index in [-0.39, 0.29) is 24.8 Å². The van der Waals surface area contributed by atoms with E-state index in [1.54, 1.807) is 0 Å². The second kappa shape index (κ2) is 11.1. The molecular formula is C23H22N2O5S. The Kier molecular flexibility index (Phi) is 7.96. The summed E-state index contributed by atoms with van der Waals surface area (Å²) in [6, 6.07) is 16.2. The Bertz CT molecular complexity index is 982. The van der Waals surface area contributed by atoms with Gasteiger partial charge in [-0.2, -0.15) is 0 Å². The number of ether oxygens (including phenoxy) is 1. The first-order valence-electron chi connectivity index (χ1n) is 9.71. The van der Waals surface area contributed by atoms with Crippen molar-refractivity contribution in [2.24, 2.45) is 0 Å². The summed E-state index contributed by atoms with van der Waals surface area (Å²) in [5.74, 6) is 4.01. The lowest BCUT2D eigenvalue weighted by molar-refractivity contribution is -0.133. The number of carbonyl (C=O) groups is 3. The van der Waals surface area contributed by atoms with E-state index in [4.69, 9.17) is 9.84 Å². The summed E-state index contributed by atoms with van der Waals surface area (Å²) in [5.41, 5.74) is 4.58. The van der Waals surface area contributed by atoms with Gasteiger partial charge in [0.2, 0.25) is 0 Å². The van der Waals surface area contributed by atoms with Gasteiger partial charge >= 0.3 is 12.1 Å². The maximum Gasteiger partial charge on any atom is 0.407 e. The van der Waals surface area contributed by atoms with Crippen LogP contribution < -0.4 is 10.6 Å². The average molecular weight is 439 g/mol. The number of carbonyl (C=O) groups excluding carboxylic acids is 2. The SMILES string of the molecule is O=C(O)CSCCNC(=O)C#CCNC(=O)OCC1c2ccccc2-c2ccccc21. The molecule has 0 radical (unpaired) electrons. The minimum Gasteiger partial charge on any atom is -0.481 e. The zero-order valence-electron chi connectivity index (χ0n) is 16.7. The molecule has 0 saturated heterocycles. The molecule has 31 heavy (non-hydrogen) atoms. The van der Waals surface area contributed by atoms with E-state index in [0.717, 1.165) is 22.3 Å². The summed E-state index contributed by atoms with van der Waals surface area (Å²) >= 11 is 1.21. The lowest BCUT2D eigenvalue weighted by atomic mass is 9.98. The number of carboxylic acid groups (broad SMARTS) is 1. The molecule has 1 aliphatic rings. The van der Waals surface area contributed by atoms with Gasteiger partial charge in [0.25, 0.3) is 5.91 Å². The number of rotatable bonds is 8. The van der Waals surface area contributed by atoms with Crippen molar-refractivity contribution >= 4 is 29.7 Å². The van der Waals surface area contributed by atoms with E-state index >= 15 is 0 Å². The van der Waals surface area contributed by atoms with Gasteiger partial charge in [-0.3, -0.25) is 9.59 Å². The molecule has 0 aromatic heterocycles. The Morgan fingerprint density at radius 1 is 1.00 bits per heavy atom. The molecule has 2 aromatic rings. The number of hydrogen-bond acceptors (Lipinski definition) is 5. The number of benzene rings is 2. The molecule has 3 N–H and O–H groups in total. The van der Waals surface area contributed by atoms with Crippen LogP contribution in [0.4, 0.5) is 4.79 Å². The van der Waals surface area contributed by atoms with Crippen molar-refractivity contribution in [2.75, 3.05) is 31.2 Å². The van der Waals surface area contributed by atoms with Crippen molar-refractivity contribution in [1.29, 1.82) is 0 Å². The summed E-state index contributed by atoms with van der Waals surface area (Å²) < 4.78 is 5.39. The molecule has 0 spiro atoms. The number of aliphatic carboxylic acids is 1. The highest BCUT2D eigenvalue weighted by atomic mass is 32.2. The molecule has 2 aromatic carbocycles. The molecule has 0 fully saturated rings. The Hall–Kier alpha value is -3.44. The summed E-state index contributed by atoms with van der Waals surface area (Å²) in [6.45, 7) is 0.519. The molecule has 160 valence electrons. The molecule has 7 nitrogen and oxygen atoms in total. The van der Waals surface area contributed by atoms with Crippen LogP contribution in [0.3, 0.4) is 0 Å². The largest absolute Gasteiger partial charge is 0.481 e. The Labute approximate surface area is 184 Å². The molecule has 0 saturated carbocycles. The molecule has 0 atom stereocenters. The van der Waals surface area contributed by atoms with Crippen LogP contribution in [-0.2, 0) is 14.3 Å². The molecular weight excluding hydrogens is 416 g/mol. The Balaban J connectivity index is 1.40. The van der Waals surface area contributed by atoms with Gasteiger partial charge in [-0.25, -0.2) is 4.79 Å². The summed E-state index contributed by atoms with van der Waals surface area (Å²) in [6.07, 6.45) is -0.596. The van der Waals surface area contributed by atoms with E-state index in [1.165, 1.54) is 11.8 Å². The number of carboxylic acids is 1. The van der Waals surface area contributed by atoms with E-state index in [0.29, 0.717) is 12.3 Å². The zero-order chi connectivity index (χ0) is 22.1. The van der Waals surface area contributed by atoms with E-state index < -0.39 is 18.0 Å². The first-order chi connectivity index (χ1) is 15.1. The van der Waals surface area contributed by atoms with Gasteiger partial charge in [0.05, 0.1) is 12.3 Å². The minimum absolute atomic E-state index is 0.00833. The molecule has 0 bridgehead atoms. The number of alkyl carbamates (subject to hydrolysis) is 1. The lowest BCUT2D eigenvalue weighted by Crippen LogP contribution is -2.27. The van der Waals surface area contributed by atoms with Gasteiger partial charge in [0, 0.05) is 18.2 Å². The van der Waals surface area contributed by atoms with Crippen LogP contribution in [0.25, 0.3) is 11.1 Å². The predicted octanol–water partition coefficient (Wildman–Crippen LogP) is 2.46. The van der Waals surface area contributed by atoms with Crippen LogP contribution in [0.1, 0.15) is 17.0 Å². The fourth-order valence-corrected chi connectivity index (χ4v) is 3.90. The van der Waals surface area contributed by atoms with Crippen LogP contribution in [0.5, 0.6) is 0 Å². The quantitative estimate of drug-likeness (QED) is 0.432. The summed E-state index contributed by atoms with van der Waals surface area (Å²) in [7, 11) is 0. The number of fused-ring (bicyclic) bond motifs is 3. The van der Waals surface area contributed by atoms with Crippen LogP contribution in [0.2, 0.25) is 0 Å². The fraction of sp³-hybridized carbons (Fsp3) is 0.261. The van der Waals surface area contributed by atoms with Crippen molar-refractivity contribution < 1.29 is 24.2 Å². The Morgan fingerprint density at radius 2 is 1.65 bits per heavy atom. The van der Waals surface area contributed by atoms with Gasteiger partial charge < -0.3 is 20.5 Å². The molecule has 2 amide bonds. The van der Waals surface area contributed by atoms with Crippen molar-refractivity contribution in [2.45, 2.75) is 5.92 Å². The third-order valence-corrected chi connectivity index (χ3v) is 5.57. The summed E-state index contributed by atoms with van der Waals surface area (Å²) in [4.78, 5) is 34.0. The average Bonchev–Trinajstić information content (AvgIpc) is 3.08. The van der Waals surface area contributed by atoms with Gasteiger partial charge in [-0.1, -0.05) is 54.5 Å². The normalized spacial score (nSPS) is 11.5. The van der Waals surface area contributed by atoms with Gasteiger partial charge in [0.15, 0.2) is 0 Å². The fourth-order valence-electron chi connectivity index (χ4n) is 3.33. The van der Waals surface area contributed by atoms with Gasteiger partial charge in [-0.15, -0.1) is 11.8 Å². The molecule has 0 unspecified atom stereocenters. The van der Waals surface area contributed by atoms with Gasteiger partial charge in [0.1, 0.15) is 6.61 Å². The van der Waals surface area contributed by atoms with Crippen molar-refractivity contribution in [3.63, 3.8) is 0 Å². The molecule has 3 rings (SSSR count). The molecule has 0 aliphatic heterocycles. The van der Waals surface area contributed by atoms with Crippen molar-refractivity contribution in [3.05, 3.63) is 59.7 Å². The van der Waals surface area contributed by atoms with Crippen molar-refractivity contribution in [3.8, 4) is 23.0 Å². The molecule has 1 aliphatic carbocycles. The number of amides is 2. The first kappa shape index (κ1) is 22.2. The standard InChI is InChI=1S/C23H22N2O5S/c26-21(24-12-13-31-15-22(27)28)10-5-11-25-23(29)30-14-20-18-8-3-1-6-16(18)17-7-2-4-9-19(17)20/h1-4,6-9,20H,11-15H2,(H,24,26)(H,25,29)(H,27,28). The highest BCUT2D eigenvalue weighted by Gasteiger charge is 2.28. The number of thioether (sulfide) groups is 1. The van der Waals surface area contributed by atoms with E-state index in [9.17, 15) is 14.4 Å². The number of hydrogen-bond donors (Lipinski definition) is 3. The molecule has 8 heteroatoms. The zero-order valence-corrected chi connectivity index (χ0v) is 17.5. The predicted molar refractivity (Wildman–Crippen MR) is 119 cm³/mol. The topological polar surface area (TPSA) is 105 Å². The first-order valence-corrected chi connectivity index (χ1v) is 10.9. The highest BCUT2D eigenvalue weighted by molar-refractivity contribution is 7.99. The van der Waals surface area contributed by atoms with Crippen LogP contribution in [0.15, 0.2) is 48.5 Å². The maximum absolute atomic E-state index is 12.0. The summed E-state index contributed by atoms with van der Waals surface area (Å²) in [5, 5.41) is 13.6. The van der Waals surface area contributed by atoms with Gasteiger partial charge in [-0.05, 0) is 28.2 Å². The van der Waals surface area contributed by atoms with Crippen LogP contribution in [0, 0.1) is 11.8 Å². The second-order valence-electron chi connectivity index (χ2n) is 6.68. The lowest BCUT2D eigenvalue weighted by Gasteiger charge is -2.14. The van der Waals surface area contributed by atoms with Crippen molar-refractivity contribution in [1.82, 2.24) is 10.6 Å². The minimum atomic E-state index is -0.893.